The molecule has 0 atom stereocenters. The molecule has 2 aromatic rings. The second-order valence-corrected chi connectivity index (χ2v) is 6.47. The van der Waals surface area contributed by atoms with E-state index in [4.69, 9.17) is 5.73 Å². The molecule has 0 spiro atoms. The van der Waals surface area contributed by atoms with Gasteiger partial charge in [0, 0.05) is 28.3 Å². The third-order valence-electron chi connectivity index (χ3n) is 2.80. The molecule has 1 heterocycles. The van der Waals surface area contributed by atoms with E-state index in [0.29, 0.717) is 0 Å². The summed E-state index contributed by atoms with van der Waals surface area (Å²) in [4.78, 5) is 4.35. The normalized spacial score (nSPS) is 11.7. The molecule has 5 heteroatoms. The summed E-state index contributed by atoms with van der Waals surface area (Å²) in [5.41, 5.74) is 7.74. The van der Waals surface area contributed by atoms with Crippen molar-refractivity contribution in [1.82, 2.24) is 10.3 Å². The number of nitrogens with zero attached hydrogens (tertiary/aromatic N) is 1. The Hall–Kier alpha value is -0.910. The number of rotatable bonds is 4. The van der Waals surface area contributed by atoms with E-state index in [0.717, 1.165) is 27.3 Å². The molecule has 18 heavy (non-hydrogen) atoms. The molecule has 0 bridgehead atoms. The number of anilines is 1. The maximum absolute atomic E-state index is 5.99. The number of halogens is 1. The molecule has 0 amide bonds. The third-order valence-corrected chi connectivity index (χ3v) is 4.39. The number of benzene rings is 1. The Kier molecular flexibility index (Phi) is 4.04. The Morgan fingerprint density at radius 2 is 2.22 bits per heavy atom. The van der Waals surface area contributed by atoms with Gasteiger partial charge in [-0.25, -0.2) is 4.98 Å². The van der Waals surface area contributed by atoms with Crippen LogP contribution in [0.25, 0.3) is 0 Å². The van der Waals surface area contributed by atoms with Crippen molar-refractivity contribution < 1.29 is 0 Å². The fourth-order valence-electron chi connectivity index (χ4n) is 1.65. The summed E-state index contributed by atoms with van der Waals surface area (Å²) >= 11 is 5.07. The van der Waals surface area contributed by atoms with Crippen molar-refractivity contribution in [1.29, 1.82) is 0 Å². The highest BCUT2D eigenvalue weighted by atomic mass is 79.9. The first-order valence-electron chi connectivity index (χ1n) is 5.68. The van der Waals surface area contributed by atoms with Gasteiger partial charge in [0.2, 0.25) is 0 Å². The fraction of sp³-hybridized carbons (Fsp3) is 0.308. The molecule has 0 aliphatic rings. The van der Waals surface area contributed by atoms with Gasteiger partial charge in [0.1, 0.15) is 5.01 Å². The Labute approximate surface area is 120 Å². The zero-order valence-corrected chi connectivity index (χ0v) is 12.8. The van der Waals surface area contributed by atoms with Crippen LogP contribution in [0.2, 0.25) is 0 Å². The minimum Gasteiger partial charge on any atom is -0.398 e. The topological polar surface area (TPSA) is 50.9 Å². The first-order valence-corrected chi connectivity index (χ1v) is 7.35. The van der Waals surface area contributed by atoms with Gasteiger partial charge in [-0.3, -0.25) is 0 Å². The predicted molar refractivity (Wildman–Crippen MR) is 80.5 cm³/mol. The summed E-state index contributed by atoms with van der Waals surface area (Å²) < 4.78 is 1.00. The highest BCUT2D eigenvalue weighted by molar-refractivity contribution is 9.10. The minimum atomic E-state index is -0.145. The Morgan fingerprint density at radius 3 is 2.83 bits per heavy atom. The van der Waals surface area contributed by atoms with Gasteiger partial charge in [-0.1, -0.05) is 22.0 Å². The third kappa shape index (κ3) is 3.10. The van der Waals surface area contributed by atoms with E-state index in [1.807, 2.05) is 29.8 Å². The molecule has 3 nitrogen and oxygen atoms in total. The van der Waals surface area contributed by atoms with Gasteiger partial charge < -0.3 is 11.1 Å². The maximum Gasteiger partial charge on any atom is 0.112 e. The standard InChI is InChI=1S/C13H16BrN3S/c1-13(2,12-16-5-6-18-12)17-8-9-3-4-10(14)7-11(9)15/h3-7,17H,8,15H2,1-2H3. The van der Waals surface area contributed by atoms with Crippen LogP contribution in [-0.2, 0) is 12.1 Å². The summed E-state index contributed by atoms with van der Waals surface area (Å²) in [5.74, 6) is 0. The molecule has 1 aromatic heterocycles. The SMILES string of the molecule is CC(C)(NCc1ccc(Br)cc1N)c1nccs1. The number of hydrogen-bond acceptors (Lipinski definition) is 4. The molecule has 0 saturated heterocycles. The summed E-state index contributed by atoms with van der Waals surface area (Å²) in [6, 6.07) is 5.96. The van der Waals surface area contributed by atoms with Crippen molar-refractivity contribution in [3.05, 3.63) is 44.8 Å². The molecule has 96 valence electrons. The van der Waals surface area contributed by atoms with Crippen molar-refractivity contribution in [2.45, 2.75) is 25.9 Å². The number of nitrogens with two attached hydrogens (primary N) is 1. The van der Waals surface area contributed by atoms with Crippen molar-refractivity contribution in [2.24, 2.45) is 0 Å². The van der Waals surface area contributed by atoms with Gasteiger partial charge in [0.05, 0.1) is 5.54 Å². The van der Waals surface area contributed by atoms with Crippen LogP contribution in [0.4, 0.5) is 5.69 Å². The van der Waals surface area contributed by atoms with Crippen LogP contribution in [-0.4, -0.2) is 4.98 Å². The summed E-state index contributed by atoms with van der Waals surface area (Å²) in [6.07, 6.45) is 1.83. The lowest BCUT2D eigenvalue weighted by atomic mass is 10.1. The summed E-state index contributed by atoms with van der Waals surface area (Å²) in [5, 5.41) is 6.57. The van der Waals surface area contributed by atoms with Crippen LogP contribution in [0, 0.1) is 0 Å². The number of aromatic nitrogens is 1. The number of thiazole rings is 1. The monoisotopic (exact) mass is 325 g/mol. The van der Waals surface area contributed by atoms with Gasteiger partial charge in [0.15, 0.2) is 0 Å². The van der Waals surface area contributed by atoms with E-state index in [-0.39, 0.29) is 5.54 Å². The molecule has 0 aliphatic carbocycles. The molecule has 0 radical (unpaired) electrons. The van der Waals surface area contributed by atoms with Gasteiger partial charge in [-0.05, 0) is 31.5 Å². The fourth-order valence-corrected chi connectivity index (χ4v) is 2.77. The molecule has 0 aliphatic heterocycles. The van der Waals surface area contributed by atoms with E-state index in [1.165, 1.54) is 0 Å². The van der Waals surface area contributed by atoms with E-state index in [1.54, 1.807) is 11.3 Å². The smallest absolute Gasteiger partial charge is 0.112 e. The number of nitrogen functional groups attached to an aromatic ring is 1. The van der Waals surface area contributed by atoms with E-state index in [9.17, 15) is 0 Å². The number of hydrogen-bond donors (Lipinski definition) is 2. The van der Waals surface area contributed by atoms with Gasteiger partial charge in [-0.2, -0.15) is 0 Å². The van der Waals surface area contributed by atoms with Crippen molar-refractivity contribution >= 4 is 33.0 Å². The second kappa shape index (κ2) is 5.38. The highest BCUT2D eigenvalue weighted by Crippen LogP contribution is 2.24. The van der Waals surface area contributed by atoms with Crippen LogP contribution < -0.4 is 11.1 Å². The Balaban J connectivity index is 2.07. The van der Waals surface area contributed by atoms with Crippen LogP contribution in [0.1, 0.15) is 24.4 Å². The van der Waals surface area contributed by atoms with E-state index >= 15 is 0 Å². The van der Waals surface area contributed by atoms with Crippen LogP contribution in [0.3, 0.4) is 0 Å². The van der Waals surface area contributed by atoms with Crippen molar-refractivity contribution in [3.63, 3.8) is 0 Å². The average Bonchev–Trinajstić information content (AvgIpc) is 2.82. The lowest BCUT2D eigenvalue weighted by Crippen LogP contribution is -2.36. The molecule has 0 fully saturated rings. The van der Waals surface area contributed by atoms with Crippen LogP contribution >= 0.6 is 27.3 Å². The zero-order chi connectivity index (χ0) is 13.2. The first kappa shape index (κ1) is 13.5. The Bertz CT molecular complexity index is 523. The largest absolute Gasteiger partial charge is 0.398 e. The molecule has 1 aromatic carbocycles. The van der Waals surface area contributed by atoms with Crippen LogP contribution in [0.15, 0.2) is 34.2 Å². The van der Waals surface area contributed by atoms with E-state index in [2.05, 4.69) is 40.1 Å². The lowest BCUT2D eigenvalue weighted by Gasteiger charge is -2.24. The molecular weight excluding hydrogens is 310 g/mol. The average molecular weight is 326 g/mol. The molecular formula is C13H16BrN3S. The quantitative estimate of drug-likeness (QED) is 0.846. The molecule has 3 N–H and O–H groups in total. The zero-order valence-electron chi connectivity index (χ0n) is 10.4. The maximum atomic E-state index is 5.99. The minimum absolute atomic E-state index is 0.145. The predicted octanol–water partition coefficient (Wildman–Crippen LogP) is 3.51. The molecule has 2 rings (SSSR count). The van der Waals surface area contributed by atoms with Crippen molar-refractivity contribution in [2.75, 3.05) is 5.73 Å². The first-order chi connectivity index (χ1) is 8.49. The summed E-state index contributed by atoms with van der Waals surface area (Å²) in [6.45, 7) is 4.98. The van der Waals surface area contributed by atoms with Gasteiger partial charge in [-0.15, -0.1) is 11.3 Å². The van der Waals surface area contributed by atoms with Gasteiger partial charge >= 0.3 is 0 Å². The molecule has 0 saturated carbocycles. The highest BCUT2D eigenvalue weighted by Gasteiger charge is 2.22. The Morgan fingerprint density at radius 1 is 1.44 bits per heavy atom. The van der Waals surface area contributed by atoms with E-state index < -0.39 is 0 Å². The lowest BCUT2D eigenvalue weighted by molar-refractivity contribution is 0.400. The number of nitrogens with one attached hydrogen (secondary N) is 1. The van der Waals surface area contributed by atoms with Gasteiger partial charge in [0.25, 0.3) is 0 Å². The molecule has 0 unspecified atom stereocenters. The van der Waals surface area contributed by atoms with Crippen LogP contribution in [0.5, 0.6) is 0 Å². The summed E-state index contributed by atoms with van der Waals surface area (Å²) in [7, 11) is 0. The second-order valence-electron chi connectivity index (χ2n) is 4.66. The van der Waals surface area contributed by atoms with Crippen molar-refractivity contribution in [3.8, 4) is 0 Å².